The second-order valence-corrected chi connectivity index (χ2v) is 6.15. The number of halogens is 2. The zero-order valence-corrected chi connectivity index (χ0v) is 13.3. The van der Waals surface area contributed by atoms with Crippen LogP contribution in [0.2, 0.25) is 0 Å². The molecule has 0 radical (unpaired) electrons. The van der Waals surface area contributed by atoms with Crippen LogP contribution in [0.5, 0.6) is 5.75 Å². The number of nitrogens with one attached hydrogen (secondary N) is 1. The molecule has 0 bridgehead atoms. The SMILES string of the molecule is C[C@@H](Oc1ccc(F)cc1F)C(=O)Nc1cc(C(C)(C)C)on1. The molecule has 0 saturated carbocycles. The summed E-state index contributed by atoms with van der Waals surface area (Å²) in [4.78, 5) is 12.0. The molecule has 1 atom stereocenters. The molecule has 7 heteroatoms. The zero-order chi connectivity index (χ0) is 17.2. The van der Waals surface area contributed by atoms with Crippen LogP contribution in [0.3, 0.4) is 0 Å². The second kappa shape index (κ2) is 6.36. The van der Waals surface area contributed by atoms with E-state index in [9.17, 15) is 13.6 Å². The first kappa shape index (κ1) is 16.9. The third kappa shape index (κ3) is 4.28. The van der Waals surface area contributed by atoms with E-state index in [-0.39, 0.29) is 17.0 Å². The average molecular weight is 324 g/mol. The lowest BCUT2D eigenvalue weighted by Gasteiger charge is -2.14. The molecule has 1 heterocycles. The number of hydrogen-bond donors (Lipinski definition) is 1. The number of carbonyl (C=O) groups excluding carboxylic acids is 1. The molecule has 0 aliphatic heterocycles. The molecule has 0 aliphatic carbocycles. The maximum Gasteiger partial charge on any atom is 0.266 e. The monoisotopic (exact) mass is 324 g/mol. The van der Waals surface area contributed by atoms with Crippen molar-refractivity contribution in [3.05, 3.63) is 41.7 Å². The summed E-state index contributed by atoms with van der Waals surface area (Å²) in [6, 6.07) is 4.48. The van der Waals surface area contributed by atoms with E-state index in [2.05, 4.69) is 10.5 Å². The molecule has 0 unspecified atom stereocenters. The number of ether oxygens (including phenoxy) is 1. The van der Waals surface area contributed by atoms with Gasteiger partial charge in [-0.15, -0.1) is 0 Å². The van der Waals surface area contributed by atoms with Crippen molar-refractivity contribution in [2.24, 2.45) is 0 Å². The van der Waals surface area contributed by atoms with Gasteiger partial charge in [0.05, 0.1) is 0 Å². The third-order valence-electron chi connectivity index (χ3n) is 3.07. The third-order valence-corrected chi connectivity index (χ3v) is 3.07. The molecule has 2 rings (SSSR count). The molecular weight excluding hydrogens is 306 g/mol. The molecule has 0 fully saturated rings. The van der Waals surface area contributed by atoms with Crippen molar-refractivity contribution in [3.63, 3.8) is 0 Å². The van der Waals surface area contributed by atoms with E-state index < -0.39 is 23.6 Å². The first-order chi connectivity index (χ1) is 10.7. The summed E-state index contributed by atoms with van der Waals surface area (Å²) in [5, 5.41) is 6.28. The zero-order valence-electron chi connectivity index (χ0n) is 13.3. The predicted molar refractivity (Wildman–Crippen MR) is 80.3 cm³/mol. The molecule has 0 spiro atoms. The van der Waals surface area contributed by atoms with E-state index in [0.29, 0.717) is 11.8 Å². The van der Waals surface area contributed by atoms with Gasteiger partial charge in [0, 0.05) is 17.5 Å². The van der Waals surface area contributed by atoms with E-state index in [1.54, 1.807) is 6.07 Å². The van der Waals surface area contributed by atoms with Gasteiger partial charge >= 0.3 is 0 Å². The fraction of sp³-hybridized carbons (Fsp3) is 0.375. The summed E-state index contributed by atoms with van der Waals surface area (Å²) in [7, 11) is 0. The molecule has 0 saturated heterocycles. The van der Waals surface area contributed by atoms with E-state index in [0.717, 1.165) is 12.1 Å². The van der Waals surface area contributed by atoms with Crippen molar-refractivity contribution in [1.82, 2.24) is 5.16 Å². The van der Waals surface area contributed by atoms with Crippen molar-refractivity contribution < 1.29 is 22.8 Å². The normalized spacial score (nSPS) is 12.8. The topological polar surface area (TPSA) is 64.4 Å². The van der Waals surface area contributed by atoms with Crippen LogP contribution < -0.4 is 10.1 Å². The van der Waals surface area contributed by atoms with Gasteiger partial charge in [-0.1, -0.05) is 25.9 Å². The fourth-order valence-electron chi connectivity index (χ4n) is 1.73. The summed E-state index contributed by atoms with van der Waals surface area (Å²) in [5.41, 5.74) is -0.241. The number of aromatic nitrogens is 1. The summed E-state index contributed by atoms with van der Waals surface area (Å²) >= 11 is 0. The van der Waals surface area contributed by atoms with Gasteiger partial charge in [-0.05, 0) is 19.1 Å². The van der Waals surface area contributed by atoms with Crippen LogP contribution in [0.1, 0.15) is 33.5 Å². The number of hydrogen-bond acceptors (Lipinski definition) is 4. The van der Waals surface area contributed by atoms with Crippen LogP contribution in [0.25, 0.3) is 0 Å². The molecule has 1 amide bonds. The highest BCUT2D eigenvalue weighted by Gasteiger charge is 2.22. The average Bonchev–Trinajstić information content (AvgIpc) is 2.90. The molecular formula is C16H18F2N2O3. The second-order valence-electron chi connectivity index (χ2n) is 6.15. The molecule has 1 aromatic carbocycles. The van der Waals surface area contributed by atoms with Gasteiger partial charge in [-0.25, -0.2) is 8.78 Å². The van der Waals surface area contributed by atoms with E-state index in [1.807, 2.05) is 20.8 Å². The highest BCUT2D eigenvalue weighted by Crippen LogP contribution is 2.24. The lowest BCUT2D eigenvalue weighted by molar-refractivity contribution is -0.122. The highest BCUT2D eigenvalue weighted by molar-refractivity contribution is 5.93. The first-order valence-electron chi connectivity index (χ1n) is 7.06. The van der Waals surface area contributed by atoms with Gasteiger partial charge in [0.25, 0.3) is 5.91 Å². The van der Waals surface area contributed by atoms with Crippen molar-refractivity contribution >= 4 is 11.7 Å². The van der Waals surface area contributed by atoms with Crippen LogP contribution in [0, 0.1) is 11.6 Å². The van der Waals surface area contributed by atoms with Crippen molar-refractivity contribution in [2.45, 2.75) is 39.2 Å². The van der Waals surface area contributed by atoms with Crippen molar-refractivity contribution in [3.8, 4) is 5.75 Å². The van der Waals surface area contributed by atoms with Crippen molar-refractivity contribution in [1.29, 1.82) is 0 Å². The first-order valence-corrected chi connectivity index (χ1v) is 7.06. The number of rotatable bonds is 4. The summed E-state index contributed by atoms with van der Waals surface area (Å²) in [5.74, 6) is -1.46. The van der Waals surface area contributed by atoms with Gasteiger partial charge in [-0.2, -0.15) is 0 Å². The Hall–Kier alpha value is -2.44. The number of carbonyl (C=O) groups is 1. The number of benzene rings is 1. The Bertz CT molecular complexity index is 708. The molecule has 1 N–H and O–H groups in total. The van der Waals surface area contributed by atoms with Gasteiger partial charge in [0.15, 0.2) is 23.5 Å². The number of nitrogens with zero attached hydrogens (tertiary/aromatic N) is 1. The van der Waals surface area contributed by atoms with Crippen LogP contribution in [0.15, 0.2) is 28.8 Å². The van der Waals surface area contributed by atoms with Gasteiger partial charge in [0.2, 0.25) is 0 Å². The smallest absolute Gasteiger partial charge is 0.266 e. The van der Waals surface area contributed by atoms with Gasteiger partial charge in [-0.3, -0.25) is 4.79 Å². The Morgan fingerprint density at radius 3 is 2.57 bits per heavy atom. The predicted octanol–water partition coefficient (Wildman–Crippen LogP) is 3.66. The van der Waals surface area contributed by atoms with E-state index in [4.69, 9.17) is 9.26 Å². The Morgan fingerprint density at radius 2 is 2.00 bits per heavy atom. The maximum atomic E-state index is 13.5. The standard InChI is InChI=1S/C16H18F2N2O3/c1-9(22-12-6-5-10(17)7-11(12)18)15(21)19-14-8-13(23-20-14)16(2,3)4/h5-9H,1-4H3,(H,19,20,21)/t9-/m1/s1. The maximum absolute atomic E-state index is 13.5. The largest absolute Gasteiger partial charge is 0.478 e. The molecule has 0 aliphatic rings. The van der Waals surface area contributed by atoms with E-state index in [1.165, 1.54) is 6.92 Å². The Balaban J connectivity index is 2.01. The van der Waals surface area contributed by atoms with Crippen molar-refractivity contribution in [2.75, 3.05) is 5.32 Å². The van der Waals surface area contributed by atoms with Gasteiger partial charge < -0.3 is 14.6 Å². The summed E-state index contributed by atoms with van der Waals surface area (Å²) in [6.07, 6.45) is -0.996. The van der Waals surface area contributed by atoms with Gasteiger partial charge in [0.1, 0.15) is 11.6 Å². The Morgan fingerprint density at radius 1 is 1.30 bits per heavy atom. The van der Waals surface area contributed by atoms with Crippen LogP contribution in [0.4, 0.5) is 14.6 Å². The number of anilines is 1. The minimum absolute atomic E-state index is 0.204. The number of amides is 1. The molecule has 2 aromatic rings. The molecule has 1 aromatic heterocycles. The molecule has 5 nitrogen and oxygen atoms in total. The quantitative estimate of drug-likeness (QED) is 0.932. The lowest BCUT2D eigenvalue weighted by atomic mass is 9.93. The molecule has 23 heavy (non-hydrogen) atoms. The molecule has 124 valence electrons. The Labute approximate surface area is 132 Å². The van der Waals surface area contributed by atoms with E-state index >= 15 is 0 Å². The fourth-order valence-corrected chi connectivity index (χ4v) is 1.73. The Kier molecular flexibility index (Phi) is 4.68. The lowest BCUT2D eigenvalue weighted by Crippen LogP contribution is -2.30. The summed E-state index contributed by atoms with van der Waals surface area (Å²) < 4.78 is 36.7. The van der Waals surface area contributed by atoms with Crippen LogP contribution >= 0.6 is 0 Å². The van der Waals surface area contributed by atoms with Crippen LogP contribution in [-0.4, -0.2) is 17.2 Å². The minimum Gasteiger partial charge on any atom is -0.478 e. The summed E-state index contributed by atoms with van der Waals surface area (Å²) in [6.45, 7) is 7.29. The highest BCUT2D eigenvalue weighted by atomic mass is 19.1. The minimum atomic E-state index is -0.996. The van der Waals surface area contributed by atoms with Crippen LogP contribution in [-0.2, 0) is 10.2 Å².